The molecule has 0 aromatic heterocycles. The molecule has 0 radical (unpaired) electrons. The molecule has 1 unspecified atom stereocenters. The van der Waals surface area contributed by atoms with E-state index in [1.54, 1.807) is 12.1 Å². The Kier molecular flexibility index (Phi) is 5.87. The van der Waals surface area contributed by atoms with E-state index in [-0.39, 0.29) is 12.4 Å². The molecule has 2 rings (SSSR count). The maximum Gasteiger partial charge on any atom is 0.120 e. The van der Waals surface area contributed by atoms with E-state index in [0.717, 1.165) is 12.3 Å². The monoisotopic (exact) mass is 295 g/mol. The molecule has 0 saturated carbocycles. The van der Waals surface area contributed by atoms with Crippen molar-refractivity contribution < 1.29 is 4.74 Å². The zero-order chi connectivity index (χ0) is 11.5. The second-order valence-corrected chi connectivity index (χ2v) is 4.98. The number of likely N-dealkylation sites (N-methyl/N-ethyl adjacent to an activating group) is 1. The normalized spacial score (nSPS) is 20.1. The number of likely N-dealkylation sites (tertiary alicyclic amines) is 1. The van der Waals surface area contributed by atoms with Gasteiger partial charge in [-0.1, -0.05) is 23.2 Å². The molecule has 0 spiro atoms. The summed E-state index contributed by atoms with van der Waals surface area (Å²) in [6.07, 6.45) is 2.46. The van der Waals surface area contributed by atoms with Crippen LogP contribution in [0.2, 0.25) is 10.0 Å². The van der Waals surface area contributed by atoms with Gasteiger partial charge in [-0.05, 0) is 38.6 Å². The van der Waals surface area contributed by atoms with Crippen LogP contribution >= 0.6 is 35.6 Å². The number of hydrogen-bond donors (Lipinski definition) is 0. The van der Waals surface area contributed by atoms with Gasteiger partial charge in [-0.25, -0.2) is 0 Å². The van der Waals surface area contributed by atoms with Crippen LogP contribution in [0, 0.1) is 0 Å². The fraction of sp³-hybridized carbons (Fsp3) is 0.500. The first-order chi connectivity index (χ1) is 7.66. The molecule has 1 atom stereocenters. The number of nitrogens with zero attached hydrogens (tertiary/aromatic N) is 1. The Hall–Kier alpha value is -0.150. The highest BCUT2D eigenvalue weighted by molar-refractivity contribution is 6.42. The first-order valence-corrected chi connectivity index (χ1v) is 6.20. The molecule has 0 aliphatic carbocycles. The summed E-state index contributed by atoms with van der Waals surface area (Å²) in [6, 6.07) is 5.90. The summed E-state index contributed by atoms with van der Waals surface area (Å²) in [5.74, 6) is 0.787. The van der Waals surface area contributed by atoms with Crippen molar-refractivity contribution in [2.75, 3.05) is 20.2 Å². The lowest BCUT2D eigenvalue weighted by molar-refractivity contribution is 0.198. The summed E-state index contributed by atoms with van der Waals surface area (Å²) in [5.41, 5.74) is 0. The zero-order valence-corrected chi connectivity index (χ0v) is 12.0. The molecule has 1 fully saturated rings. The molecule has 1 saturated heterocycles. The van der Waals surface area contributed by atoms with Crippen LogP contribution in [-0.4, -0.2) is 31.1 Å². The Bertz CT molecular complexity index is 373. The highest BCUT2D eigenvalue weighted by Crippen LogP contribution is 2.26. The summed E-state index contributed by atoms with van der Waals surface area (Å²) in [6.45, 7) is 1.88. The molecular weight excluding hydrogens is 280 g/mol. The second-order valence-electron chi connectivity index (χ2n) is 4.16. The number of ether oxygens (including phenoxy) is 1. The topological polar surface area (TPSA) is 12.5 Å². The smallest absolute Gasteiger partial charge is 0.120 e. The van der Waals surface area contributed by atoms with Crippen LogP contribution in [0.1, 0.15) is 12.8 Å². The van der Waals surface area contributed by atoms with Gasteiger partial charge in [0.15, 0.2) is 0 Å². The molecule has 0 amide bonds. The SMILES string of the molecule is CN1CCCC1COc1ccc(Cl)c(Cl)c1.Cl. The van der Waals surface area contributed by atoms with Crippen LogP contribution in [0.15, 0.2) is 18.2 Å². The molecule has 96 valence electrons. The molecule has 1 aromatic carbocycles. The minimum absolute atomic E-state index is 0. The molecule has 17 heavy (non-hydrogen) atoms. The fourth-order valence-electron chi connectivity index (χ4n) is 1.95. The summed E-state index contributed by atoms with van der Waals surface area (Å²) in [7, 11) is 2.13. The summed E-state index contributed by atoms with van der Waals surface area (Å²) >= 11 is 11.8. The van der Waals surface area contributed by atoms with Crippen LogP contribution < -0.4 is 4.74 Å². The van der Waals surface area contributed by atoms with Gasteiger partial charge in [0.2, 0.25) is 0 Å². The zero-order valence-electron chi connectivity index (χ0n) is 9.66. The predicted molar refractivity (Wildman–Crippen MR) is 74.9 cm³/mol. The number of halogens is 3. The largest absolute Gasteiger partial charge is 0.492 e. The van der Waals surface area contributed by atoms with Crippen LogP contribution in [0.5, 0.6) is 5.75 Å². The first kappa shape index (κ1) is 14.9. The van der Waals surface area contributed by atoms with E-state index in [9.17, 15) is 0 Å². The lowest BCUT2D eigenvalue weighted by Crippen LogP contribution is -2.30. The van der Waals surface area contributed by atoms with Gasteiger partial charge in [-0.3, -0.25) is 0 Å². The molecular formula is C12H16Cl3NO. The average molecular weight is 297 g/mol. The van der Waals surface area contributed by atoms with Crippen LogP contribution in [0.4, 0.5) is 0 Å². The fourth-order valence-corrected chi connectivity index (χ4v) is 2.24. The van der Waals surface area contributed by atoms with Gasteiger partial charge < -0.3 is 9.64 Å². The molecule has 1 aliphatic heterocycles. The lowest BCUT2D eigenvalue weighted by atomic mass is 10.2. The van der Waals surface area contributed by atoms with Gasteiger partial charge in [0.1, 0.15) is 12.4 Å². The number of hydrogen-bond acceptors (Lipinski definition) is 2. The third-order valence-electron chi connectivity index (χ3n) is 3.00. The Morgan fingerprint density at radius 2 is 2.12 bits per heavy atom. The van der Waals surface area contributed by atoms with Crippen molar-refractivity contribution in [1.29, 1.82) is 0 Å². The molecule has 2 nitrogen and oxygen atoms in total. The first-order valence-electron chi connectivity index (χ1n) is 5.45. The quantitative estimate of drug-likeness (QED) is 0.839. The maximum atomic E-state index is 5.92. The highest BCUT2D eigenvalue weighted by Gasteiger charge is 2.21. The summed E-state index contributed by atoms with van der Waals surface area (Å²) < 4.78 is 5.71. The van der Waals surface area contributed by atoms with Gasteiger partial charge >= 0.3 is 0 Å². The molecule has 0 N–H and O–H groups in total. The van der Waals surface area contributed by atoms with Crippen molar-refractivity contribution in [1.82, 2.24) is 4.90 Å². The maximum absolute atomic E-state index is 5.92. The van der Waals surface area contributed by atoms with Crippen molar-refractivity contribution in [3.63, 3.8) is 0 Å². The van der Waals surface area contributed by atoms with Crippen molar-refractivity contribution in [3.05, 3.63) is 28.2 Å². The molecule has 1 aromatic rings. The van der Waals surface area contributed by atoms with Gasteiger partial charge in [0.25, 0.3) is 0 Å². The standard InChI is InChI=1S/C12H15Cl2NO.ClH/c1-15-6-2-3-9(15)8-16-10-4-5-11(13)12(14)7-10;/h4-5,7,9H,2-3,6,8H2,1H3;1H. The highest BCUT2D eigenvalue weighted by atomic mass is 35.5. The molecule has 5 heteroatoms. The van der Waals surface area contributed by atoms with Crippen molar-refractivity contribution in [2.24, 2.45) is 0 Å². The number of rotatable bonds is 3. The summed E-state index contributed by atoms with van der Waals surface area (Å²) in [4.78, 5) is 2.33. The van der Waals surface area contributed by atoms with E-state index in [0.29, 0.717) is 22.7 Å². The van der Waals surface area contributed by atoms with Gasteiger partial charge in [-0.2, -0.15) is 0 Å². The van der Waals surface area contributed by atoms with Crippen LogP contribution in [0.25, 0.3) is 0 Å². The van der Waals surface area contributed by atoms with Crippen molar-refractivity contribution in [2.45, 2.75) is 18.9 Å². The minimum Gasteiger partial charge on any atom is -0.492 e. The van der Waals surface area contributed by atoms with E-state index < -0.39 is 0 Å². The van der Waals surface area contributed by atoms with E-state index in [2.05, 4.69) is 11.9 Å². The Balaban J connectivity index is 0.00000144. The third kappa shape index (κ3) is 3.92. The van der Waals surface area contributed by atoms with Crippen LogP contribution in [0.3, 0.4) is 0 Å². The Labute approximate surface area is 118 Å². The lowest BCUT2D eigenvalue weighted by Gasteiger charge is -2.19. The van der Waals surface area contributed by atoms with E-state index in [1.165, 1.54) is 12.8 Å². The van der Waals surface area contributed by atoms with E-state index in [4.69, 9.17) is 27.9 Å². The van der Waals surface area contributed by atoms with Crippen LogP contribution in [-0.2, 0) is 0 Å². The predicted octanol–water partition coefficient (Wildman–Crippen LogP) is 3.89. The van der Waals surface area contributed by atoms with Gasteiger partial charge in [0.05, 0.1) is 10.0 Å². The molecule has 0 bridgehead atoms. The molecule has 1 aliphatic rings. The summed E-state index contributed by atoms with van der Waals surface area (Å²) in [5, 5.41) is 1.10. The second kappa shape index (κ2) is 6.69. The van der Waals surface area contributed by atoms with Gasteiger partial charge in [0, 0.05) is 12.1 Å². The van der Waals surface area contributed by atoms with E-state index >= 15 is 0 Å². The Morgan fingerprint density at radius 3 is 2.71 bits per heavy atom. The minimum atomic E-state index is 0. The number of benzene rings is 1. The average Bonchev–Trinajstić information content (AvgIpc) is 2.66. The third-order valence-corrected chi connectivity index (χ3v) is 3.74. The van der Waals surface area contributed by atoms with E-state index in [1.807, 2.05) is 6.07 Å². The van der Waals surface area contributed by atoms with Crippen molar-refractivity contribution in [3.8, 4) is 5.75 Å². The van der Waals surface area contributed by atoms with Crippen molar-refractivity contribution >= 4 is 35.6 Å². The molecule has 1 heterocycles. The van der Waals surface area contributed by atoms with Gasteiger partial charge in [-0.15, -0.1) is 12.4 Å². The Morgan fingerprint density at radius 1 is 1.35 bits per heavy atom.